The number of hydrogen-bond donors (Lipinski definition) is 1. The summed E-state index contributed by atoms with van der Waals surface area (Å²) in [5.74, 6) is 1.88. The Bertz CT molecular complexity index is 1450. The summed E-state index contributed by atoms with van der Waals surface area (Å²) in [7, 11) is 1.60. The molecule has 6 rings (SSSR count). The predicted molar refractivity (Wildman–Crippen MR) is 128 cm³/mol. The Morgan fingerprint density at radius 3 is 2.85 bits per heavy atom. The molecule has 0 bridgehead atoms. The third-order valence-electron chi connectivity index (χ3n) is 5.85. The van der Waals surface area contributed by atoms with Gasteiger partial charge < -0.3 is 23.7 Å². The van der Waals surface area contributed by atoms with Gasteiger partial charge in [0.25, 0.3) is 0 Å². The standard InChI is InChI=1S/C23H22N4O5S2/c1-13-26-27-10-17(25-22(27)34-13)20-9-16-18(7-15(29-2)8-19(16)32-20)31-11-14-12-33-21(24-14)23(28)3-5-30-6-4-23/h7-10,12,28H,3-6,11H2,1-2H3. The number of imidazole rings is 1. The van der Waals surface area contributed by atoms with Crippen LogP contribution in [-0.2, 0) is 16.9 Å². The number of fused-ring (bicyclic) bond motifs is 2. The number of rotatable bonds is 6. The quantitative estimate of drug-likeness (QED) is 0.364. The van der Waals surface area contributed by atoms with E-state index in [1.807, 2.05) is 36.7 Å². The van der Waals surface area contributed by atoms with Crippen LogP contribution in [0.2, 0.25) is 0 Å². The van der Waals surface area contributed by atoms with E-state index in [-0.39, 0.29) is 6.61 Å². The van der Waals surface area contributed by atoms with E-state index in [0.717, 1.165) is 21.0 Å². The number of benzene rings is 1. The molecule has 0 unspecified atom stereocenters. The van der Waals surface area contributed by atoms with E-state index in [1.54, 1.807) is 11.6 Å². The molecule has 0 atom stereocenters. The summed E-state index contributed by atoms with van der Waals surface area (Å²) in [5.41, 5.74) is 1.18. The molecule has 1 aromatic carbocycles. The van der Waals surface area contributed by atoms with Crippen LogP contribution in [0.5, 0.6) is 11.5 Å². The van der Waals surface area contributed by atoms with Gasteiger partial charge in [0, 0.05) is 43.6 Å². The van der Waals surface area contributed by atoms with Gasteiger partial charge in [0.1, 0.15) is 45.0 Å². The smallest absolute Gasteiger partial charge is 0.212 e. The molecule has 34 heavy (non-hydrogen) atoms. The minimum atomic E-state index is -0.921. The number of aryl methyl sites for hydroxylation is 1. The van der Waals surface area contributed by atoms with Crippen LogP contribution >= 0.6 is 22.7 Å². The van der Waals surface area contributed by atoms with E-state index < -0.39 is 5.60 Å². The van der Waals surface area contributed by atoms with Crippen molar-refractivity contribution in [2.75, 3.05) is 20.3 Å². The molecule has 1 saturated heterocycles. The molecule has 1 aliphatic rings. The normalized spacial score (nSPS) is 15.9. The first-order valence-corrected chi connectivity index (χ1v) is 12.5. The van der Waals surface area contributed by atoms with Crippen molar-refractivity contribution in [3.05, 3.63) is 45.5 Å². The van der Waals surface area contributed by atoms with E-state index in [2.05, 4.69) is 15.1 Å². The highest BCUT2D eigenvalue weighted by atomic mass is 32.1. The Morgan fingerprint density at radius 2 is 2.06 bits per heavy atom. The summed E-state index contributed by atoms with van der Waals surface area (Å²) in [5, 5.41) is 19.7. The van der Waals surface area contributed by atoms with Crippen molar-refractivity contribution in [1.82, 2.24) is 19.6 Å². The highest BCUT2D eigenvalue weighted by Gasteiger charge is 2.34. The first-order chi connectivity index (χ1) is 16.5. The van der Waals surface area contributed by atoms with Gasteiger partial charge in [-0.05, 0) is 13.0 Å². The van der Waals surface area contributed by atoms with Crippen LogP contribution in [0.1, 0.15) is 28.6 Å². The highest BCUT2D eigenvalue weighted by Crippen LogP contribution is 2.38. The van der Waals surface area contributed by atoms with Crippen LogP contribution in [0.4, 0.5) is 0 Å². The number of methoxy groups -OCH3 is 1. The number of aliphatic hydroxyl groups is 1. The average molecular weight is 499 g/mol. The third-order valence-corrected chi connectivity index (χ3v) is 7.77. The molecule has 1 fully saturated rings. The SMILES string of the molecule is COc1cc(OCc2csc(C3(O)CCOCC3)n2)c2cc(-c3cn4nc(C)sc4n3)oc2c1. The zero-order valence-corrected chi connectivity index (χ0v) is 20.2. The topological polar surface area (TPSA) is 104 Å². The highest BCUT2D eigenvalue weighted by molar-refractivity contribution is 7.16. The van der Waals surface area contributed by atoms with Gasteiger partial charge in [-0.3, -0.25) is 0 Å². The van der Waals surface area contributed by atoms with Gasteiger partial charge in [-0.1, -0.05) is 11.3 Å². The molecule has 4 aromatic heterocycles. The van der Waals surface area contributed by atoms with Gasteiger partial charge in [0.2, 0.25) is 4.96 Å². The van der Waals surface area contributed by atoms with Crippen molar-refractivity contribution >= 4 is 38.6 Å². The fourth-order valence-electron chi connectivity index (χ4n) is 4.03. The monoisotopic (exact) mass is 498 g/mol. The first kappa shape index (κ1) is 21.5. The van der Waals surface area contributed by atoms with Gasteiger partial charge in [-0.15, -0.1) is 11.3 Å². The van der Waals surface area contributed by atoms with Crippen LogP contribution in [0.15, 0.2) is 34.2 Å². The van der Waals surface area contributed by atoms with Crippen LogP contribution < -0.4 is 9.47 Å². The van der Waals surface area contributed by atoms with E-state index in [0.29, 0.717) is 59.6 Å². The van der Waals surface area contributed by atoms with Crippen molar-refractivity contribution in [3.63, 3.8) is 0 Å². The van der Waals surface area contributed by atoms with Crippen LogP contribution in [0.25, 0.3) is 27.4 Å². The summed E-state index contributed by atoms with van der Waals surface area (Å²) < 4.78 is 24.8. The van der Waals surface area contributed by atoms with Crippen molar-refractivity contribution in [3.8, 4) is 23.0 Å². The van der Waals surface area contributed by atoms with Gasteiger partial charge >= 0.3 is 0 Å². The number of nitrogens with zero attached hydrogens (tertiary/aromatic N) is 4. The Labute approximate surface area is 202 Å². The lowest BCUT2D eigenvalue weighted by atomic mass is 9.95. The van der Waals surface area contributed by atoms with Gasteiger partial charge in [-0.25, -0.2) is 14.5 Å². The summed E-state index contributed by atoms with van der Waals surface area (Å²) in [6, 6.07) is 5.58. The van der Waals surface area contributed by atoms with Crippen LogP contribution in [-0.4, -0.2) is 45.0 Å². The van der Waals surface area contributed by atoms with Crippen LogP contribution in [0, 0.1) is 6.92 Å². The Morgan fingerprint density at radius 1 is 1.21 bits per heavy atom. The largest absolute Gasteiger partial charge is 0.496 e. The van der Waals surface area contributed by atoms with Crippen molar-refractivity contribution in [1.29, 1.82) is 0 Å². The van der Waals surface area contributed by atoms with Gasteiger partial charge in [0.05, 0.1) is 24.4 Å². The fourth-order valence-corrected chi connectivity index (χ4v) is 5.71. The molecule has 0 saturated carbocycles. The molecule has 1 aliphatic heterocycles. The number of thiazole rings is 1. The molecule has 0 spiro atoms. The average Bonchev–Trinajstić information content (AvgIpc) is 3.60. The number of aromatic nitrogens is 4. The number of furan rings is 1. The molecule has 9 nitrogen and oxygen atoms in total. The first-order valence-electron chi connectivity index (χ1n) is 10.8. The fraction of sp³-hybridized carbons (Fsp3) is 0.348. The minimum absolute atomic E-state index is 0.259. The number of hydrogen-bond acceptors (Lipinski definition) is 10. The minimum Gasteiger partial charge on any atom is -0.496 e. The zero-order chi connectivity index (χ0) is 23.3. The van der Waals surface area contributed by atoms with E-state index in [4.69, 9.17) is 18.6 Å². The summed E-state index contributed by atoms with van der Waals surface area (Å²) >= 11 is 2.98. The summed E-state index contributed by atoms with van der Waals surface area (Å²) in [4.78, 5) is 10.1. The second-order valence-corrected chi connectivity index (χ2v) is 10.2. The maximum Gasteiger partial charge on any atom is 0.212 e. The molecule has 11 heteroatoms. The summed E-state index contributed by atoms with van der Waals surface area (Å²) in [6.45, 7) is 3.29. The molecule has 176 valence electrons. The number of ether oxygens (including phenoxy) is 3. The Hall–Kier alpha value is -2.99. The molecule has 1 N–H and O–H groups in total. The Balaban J connectivity index is 1.28. The predicted octanol–water partition coefficient (Wildman–Crippen LogP) is 4.55. The van der Waals surface area contributed by atoms with E-state index >= 15 is 0 Å². The molecular weight excluding hydrogens is 476 g/mol. The molecule has 5 heterocycles. The maximum absolute atomic E-state index is 10.9. The van der Waals surface area contributed by atoms with E-state index in [9.17, 15) is 5.11 Å². The second kappa shape index (κ2) is 8.35. The van der Waals surface area contributed by atoms with Crippen molar-refractivity contribution in [2.24, 2.45) is 0 Å². The van der Waals surface area contributed by atoms with Crippen molar-refractivity contribution < 1.29 is 23.7 Å². The lowest BCUT2D eigenvalue weighted by Crippen LogP contribution is -2.33. The Kier molecular flexibility index (Phi) is 5.29. The maximum atomic E-state index is 10.9. The zero-order valence-electron chi connectivity index (χ0n) is 18.6. The third kappa shape index (κ3) is 3.84. The summed E-state index contributed by atoms with van der Waals surface area (Å²) in [6.07, 6.45) is 2.96. The molecular formula is C23H22N4O5S2. The molecule has 0 radical (unpaired) electrons. The molecule has 0 amide bonds. The van der Waals surface area contributed by atoms with Crippen molar-refractivity contribution in [2.45, 2.75) is 32.0 Å². The molecule has 0 aliphatic carbocycles. The van der Waals surface area contributed by atoms with E-state index in [1.165, 1.54) is 22.7 Å². The lowest BCUT2D eigenvalue weighted by molar-refractivity contribution is -0.0681. The molecule has 5 aromatic rings. The van der Waals surface area contributed by atoms with Gasteiger partial charge in [0.15, 0.2) is 5.76 Å². The van der Waals surface area contributed by atoms with Gasteiger partial charge in [-0.2, -0.15) is 5.10 Å². The van der Waals surface area contributed by atoms with Crippen LogP contribution in [0.3, 0.4) is 0 Å². The second-order valence-electron chi connectivity index (χ2n) is 8.20. The lowest BCUT2D eigenvalue weighted by Gasteiger charge is -2.29.